The van der Waals surface area contributed by atoms with Gasteiger partial charge < -0.3 is 19.6 Å². The van der Waals surface area contributed by atoms with E-state index in [-0.39, 0.29) is 23.8 Å². The molecule has 2 aromatic heterocycles. The molecular weight excluding hydrogens is 398 g/mol. The molecule has 1 saturated heterocycles. The summed E-state index contributed by atoms with van der Waals surface area (Å²) in [5.74, 6) is -0.324. The highest BCUT2D eigenvalue weighted by molar-refractivity contribution is 6.03. The molecule has 0 aliphatic carbocycles. The summed E-state index contributed by atoms with van der Waals surface area (Å²) in [6, 6.07) is 4.91. The number of benzene rings is 1. The van der Waals surface area contributed by atoms with Crippen LogP contribution in [0.1, 0.15) is 56.3 Å². The topological polar surface area (TPSA) is 113 Å². The van der Waals surface area contributed by atoms with Crippen molar-refractivity contribution in [3.63, 3.8) is 0 Å². The molecule has 9 heteroatoms. The van der Waals surface area contributed by atoms with Gasteiger partial charge in [0, 0.05) is 24.2 Å². The molecule has 3 heterocycles. The Morgan fingerprint density at radius 2 is 1.94 bits per heavy atom. The van der Waals surface area contributed by atoms with E-state index in [0.717, 1.165) is 19.3 Å². The number of carbonyl (C=O) groups is 2. The van der Waals surface area contributed by atoms with Gasteiger partial charge in [-0.3, -0.25) is 14.2 Å². The maximum Gasteiger partial charge on any atom is 0.420 e. The first-order chi connectivity index (χ1) is 14.7. The third-order valence-electron chi connectivity index (χ3n) is 5.46. The zero-order chi connectivity index (χ0) is 22.2. The lowest BCUT2D eigenvalue weighted by atomic mass is 9.96. The van der Waals surface area contributed by atoms with Crippen LogP contribution in [-0.4, -0.2) is 44.3 Å². The number of nitrogens with one attached hydrogen (secondary N) is 2. The van der Waals surface area contributed by atoms with Gasteiger partial charge in [-0.25, -0.2) is 9.78 Å². The van der Waals surface area contributed by atoms with Gasteiger partial charge in [-0.05, 0) is 37.5 Å². The fourth-order valence-electron chi connectivity index (χ4n) is 3.68. The van der Waals surface area contributed by atoms with Crippen molar-refractivity contribution in [2.75, 3.05) is 18.4 Å². The molecule has 1 aliphatic heterocycles. The Labute approximate surface area is 179 Å². The summed E-state index contributed by atoms with van der Waals surface area (Å²) in [5, 5.41) is 2.81. The van der Waals surface area contributed by atoms with Crippen LogP contribution in [-0.2, 0) is 16.8 Å². The first kappa shape index (κ1) is 20.9. The van der Waals surface area contributed by atoms with E-state index in [1.54, 1.807) is 23.1 Å². The summed E-state index contributed by atoms with van der Waals surface area (Å²) in [6.45, 7) is 7.36. The molecule has 0 radical (unpaired) electrons. The average molecular weight is 425 g/mol. The van der Waals surface area contributed by atoms with E-state index < -0.39 is 5.76 Å². The number of anilines is 1. The van der Waals surface area contributed by atoms with Gasteiger partial charge in [0.1, 0.15) is 18.1 Å². The summed E-state index contributed by atoms with van der Waals surface area (Å²) in [5.41, 5.74) is 1.46. The predicted octanol–water partition coefficient (Wildman–Crippen LogP) is 2.88. The maximum absolute atomic E-state index is 12.6. The summed E-state index contributed by atoms with van der Waals surface area (Å²) in [4.78, 5) is 46.7. The number of aromatic amines is 1. The molecule has 2 N–H and O–H groups in total. The van der Waals surface area contributed by atoms with Crippen LogP contribution in [0.15, 0.2) is 33.6 Å². The van der Waals surface area contributed by atoms with E-state index in [4.69, 9.17) is 4.42 Å². The Kier molecular flexibility index (Phi) is 5.43. The Hall–Kier alpha value is -3.36. The molecule has 31 heavy (non-hydrogen) atoms. The van der Waals surface area contributed by atoms with Crippen LogP contribution in [0, 0.1) is 0 Å². The van der Waals surface area contributed by atoms with E-state index in [1.807, 2.05) is 20.8 Å². The zero-order valence-electron chi connectivity index (χ0n) is 18.0. The van der Waals surface area contributed by atoms with Crippen LogP contribution in [0.4, 0.5) is 5.69 Å². The molecule has 2 amide bonds. The van der Waals surface area contributed by atoms with Crippen molar-refractivity contribution in [1.82, 2.24) is 19.4 Å². The fraction of sp³-hybridized carbons (Fsp3) is 0.455. The Balaban J connectivity index is 1.55. The molecule has 0 spiro atoms. The SMILES string of the molecule is CC(C)(C)c1ncc(C(=O)Nc2ccc3oc(=O)n(CC(=O)N4CCCCC4)c3c2)[nH]1. The first-order valence-corrected chi connectivity index (χ1v) is 10.5. The van der Waals surface area contributed by atoms with Crippen molar-refractivity contribution in [3.8, 4) is 0 Å². The minimum atomic E-state index is -0.591. The second-order valence-corrected chi connectivity index (χ2v) is 8.93. The Morgan fingerprint density at radius 1 is 1.19 bits per heavy atom. The van der Waals surface area contributed by atoms with Crippen LogP contribution >= 0.6 is 0 Å². The number of amides is 2. The molecule has 1 fully saturated rings. The normalized spacial score (nSPS) is 14.7. The monoisotopic (exact) mass is 425 g/mol. The highest BCUT2D eigenvalue weighted by atomic mass is 16.4. The Morgan fingerprint density at radius 3 is 2.61 bits per heavy atom. The van der Waals surface area contributed by atoms with Crippen molar-refractivity contribution in [3.05, 3.63) is 46.5 Å². The predicted molar refractivity (Wildman–Crippen MR) is 116 cm³/mol. The number of aromatic nitrogens is 3. The molecule has 9 nitrogen and oxygen atoms in total. The largest absolute Gasteiger partial charge is 0.420 e. The lowest BCUT2D eigenvalue weighted by Crippen LogP contribution is -2.39. The number of carbonyl (C=O) groups excluding carboxylic acids is 2. The number of fused-ring (bicyclic) bond motifs is 1. The lowest BCUT2D eigenvalue weighted by Gasteiger charge is -2.26. The van der Waals surface area contributed by atoms with E-state index in [2.05, 4.69) is 15.3 Å². The van der Waals surface area contributed by atoms with Gasteiger partial charge in [0.05, 0.1) is 11.7 Å². The molecule has 3 aromatic rings. The van der Waals surface area contributed by atoms with Crippen molar-refractivity contribution in [2.24, 2.45) is 0 Å². The molecule has 4 rings (SSSR count). The molecule has 0 saturated carbocycles. The molecule has 0 bridgehead atoms. The summed E-state index contributed by atoms with van der Waals surface area (Å²) in [7, 11) is 0. The summed E-state index contributed by atoms with van der Waals surface area (Å²) in [6.07, 6.45) is 4.58. The van der Waals surface area contributed by atoms with Gasteiger partial charge in [-0.2, -0.15) is 0 Å². The zero-order valence-corrected chi connectivity index (χ0v) is 18.0. The third kappa shape index (κ3) is 4.40. The molecule has 0 unspecified atom stereocenters. The fourth-order valence-corrected chi connectivity index (χ4v) is 3.68. The smallest absolute Gasteiger partial charge is 0.408 e. The summed E-state index contributed by atoms with van der Waals surface area (Å²) < 4.78 is 6.60. The van der Waals surface area contributed by atoms with E-state index in [9.17, 15) is 14.4 Å². The minimum Gasteiger partial charge on any atom is -0.408 e. The van der Waals surface area contributed by atoms with Crippen molar-refractivity contribution < 1.29 is 14.0 Å². The van der Waals surface area contributed by atoms with E-state index in [1.165, 1.54) is 10.8 Å². The number of piperidine rings is 1. The van der Waals surface area contributed by atoms with Gasteiger partial charge in [0.15, 0.2) is 5.58 Å². The number of likely N-dealkylation sites (tertiary alicyclic amines) is 1. The van der Waals surface area contributed by atoms with Gasteiger partial charge in [-0.1, -0.05) is 20.8 Å². The van der Waals surface area contributed by atoms with Crippen LogP contribution in [0.2, 0.25) is 0 Å². The second-order valence-electron chi connectivity index (χ2n) is 8.93. The number of H-pyrrole nitrogens is 1. The van der Waals surface area contributed by atoms with Gasteiger partial charge >= 0.3 is 5.76 Å². The number of rotatable bonds is 4. The van der Waals surface area contributed by atoms with Crippen molar-refractivity contribution >= 4 is 28.6 Å². The van der Waals surface area contributed by atoms with Crippen molar-refractivity contribution in [1.29, 1.82) is 0 Å². The molecule has 164 valence electrons. The van der Waals surface area contributed by atoms with Crippen molar-refractivity contribution in [2.45, 2.75) is 52.0 Å². The van der Waals surface area contributed by atoms with Gasteiger partial charge in [0.2, 0.25) is 5.91 Å². The first-order valence-electron chi connectivity index (χ1n) is 10.5. The number of oxazole rings is 1. The van der Waals surface area contributed by atoms with Gasteiger partial charge in [-0.15, -0.1) is 0 Å². The van der Waals surface area contributed by atoms with Gasteiger partial charge in [0.25, 0.3) is 5.91 Å². The Bertz CT molecular complexity index is 1170. The van der Waals surface area contributed by atoms with E-state index >= 15 is 0 Å². The maximum atomic E-state index is 12.6. The number of hydrogen-bond donors (Lipinski definition) is 2. The van der Waals surface area contributed by atoms with E-state index in [0.29, 0.717) is 41.4 Å². The number of nitrogens with zero attached hydrogens (tertiary/aromatic N) is 3. The molecule has 1 aliphatic rings. The third-order valence-corrected chi connectivity index (χ3v) is 5.46. The molecule has 0 atom stereocenters. The van der Waals surface area contributed by atoms with Crippen LogP contribution in [0.25, 0.3) is 11.1 Å². The highest BCUT2D eigenvalue weighted by Crippen LogP contribution is 2.21. The highest BCUT2D eigenvalue weighted by Gasteiger charge is 2.21. The summed E-state index contributed by atoms with van der Waals surface area (Å²) >= 11 is 0. The molecular formula is C22H27N5O4. The lowest BCUT2D eigenvalue weighted by molar-refractivity contribution is -0.132. The minimum absolute atomic E-state index is 0.0846. The second kappa shape index (κ2) is 8.05. The number of imidazole rings is 1. The molecule has 1 aromatic carbocycles. The number of hydrogen-bond acceptors (Lipinski definition) is 5. The quantitative estimate of drug-likeness (QED) is 0.667. The van der Waals surface area contributed by atoms with Crippen LogP contribution < -0.4 is 11.1 Å². The van der Waals surface area contributed by atoms with Crippen LogP contribution in [0.5, 0.6) is 0 Å². The standard InChI is InChI=1S/C22H27N5O4/c1-22(2,3)20-23-12-15(25-20)19(29)24-14-7-8-17-16(11-14)27(21(30)31-17)13-18(28)26-9-5-4-6-10-26/h7-8,11-12H,4-6,9-10,13H2,1-3H3,(H,23,25)(H,24,29). The average Bonchev–Trinajstić information content (AvgIpc) is 3.34. The van der Waals surface area contributed by atoms with Crippen LogP contribution in [0.3, 0.4) is 0 Å².